The molecule has 0 N–H and O–H groups in total. The summed E-state index contributed by atoms with van der Waals surface area (Å²) in [6, 6.07) is 12.6. The maximum atomic E-state index is 10.6. The Kier molecular flexibility index (Phi) is 3.49. The first-order chi connectivity index (χ1) is 9.74. The van der Waals surface area contributed by atoms with Crippen LogP contribution in [0.25, 0.3) is 0 Å². The molecule has 1 fully saturated rings. The lowest BCUT2D eigenvalue weighted by Crippen LogP contribution is -2.21. The summed E-state index contributed by atoms with van der Waals surface area (Å²) >= 11 is 0. The van der Waals surface area contributed by atoms with E-state index < -0.39 is 11.2 Å². The maximum Gasteiger partial charge on any atom is 0.433 e. The molecular formula is C14H13NO5. The highest BCUT2D eigenvalue weighted by molar-refractivity contribution is 5.20. The van der Waals surface area contributed by atoms with E-state index in [9.17, 15) is 10.1 Å². The molecule has 0 aliphatic carbocycles. The highest BCUT2D eigenvalue weighted by atomic mass is 16.7. The molecule has 1 aromatic heterocycles. The van der Waals surface area contributed by atoms with Gasteiger partial charge in [-0.2, -0.15) is 0 Å². The van der Waals surface area contributed by atoms with E-state index in [1.807, 2.05) is 30.3 Å². The third-order valence-electron chi connectivity index (χ3n) is 3.13. The fourth-order valence-electron chi connectivity index (χ4n) is 2.17. The summed E-state index contributed by atoms with van der Waals surface area (Å²) < 4.78 is 16.4. The lowest BCUT2D eigenvalue weighted by atomic mass is 10.1. The van der Waals surface area contributed by atoms with Crippen molar-refractivity contribution in [2.24, 2.45) is 0 Å². The number of hydrogen-bond acceptors (Lipinski definition) is 5. The highest BCUT2D eigenvalue weighted by Gasteiger charge is 2.29. The molecule has 6 heteroatoms. The van der Waals surface area contributed by atoms with Crippen LogP contribution in [0.2, 0.25) is 0 Å². The maximum absolute atomic E-state index is 10.6. The smallest absolute Gasteiger partial charge is 0.400 e. The van der Waals surface area contributed by atoms with Crippen molar-refractivity contribution < 1.29 is 18.8 Å². The van der Waals surface area contributed by atoms with Gasteiger partial charge in [-0.05, 0) is 11.6 Å². The van der Waals surface area contributed by atoms with E-state index in [1.54, 1.807) is 0 Å². The van der Waals surface area contributed by atoms with Crippen molar-refractivity contribution in [1.29, 1.82) is 0 Å². The van der Waals surface area contributed by atoms with Gasteiger partial charge in [-0.25, -0.2) is 0 Å². The van der Waals surface area contributed by atoms with E-state index in [0.29, 0.717) is 12.4 Å². The Morgan fingerprint density at radius 2 is 1.95 bits per heavy atom. The second kappa shape index (κ2) is 5.44. The van der Waals surface area contributed by atoms with E-state index in [2.05, 4.69) is 0 Å². The molecule has 2 heterocycles. The Hall–Kier alpha value is -2.18. The molecule has 20 heavy (non-hydrogen) atoms. The predicted molar refractivity (Wildman–Crippen MR) is 68.9 cm³/mol. The molecule has 1 aromatic carbocycles. The number of nitrogens with zero attached hydrogens (tertiary/aromatic N) is 1. The minimum atomic E-state index is -0.706. The van der Waals surface area contributed by atoms with Crippen LogP contribution >= 0.6 is 0 Å². The van der Waals surface area contributed by atoms with Crippen molar-refractivity contribution >= 4 is 5.88 Å². The Morgan fingerprint density at radius 1 is 1.15 bits per heavy atom. The molecule has 0 amide bonds. The van der Waals surface area contributed by atoms with E-state index in [-0.39, 0.29) is 12.0 Å². The van der Waals surface area contributed by atoms with Crippen molar-refractivity contribution in [3.05, 3.63) is 63.9 Å². The molecule has 1 saturated heterocycles. The van der Waals surface area contributed by atoms with Crippen LogP contribution in [0.4, 0.5) is 5.88 Å². The zero-order valence-electron chi connectivity index (χ0n) is 10.6. The minimum absolute atomic E-state index is 0.0980. The first-order valence-electron chi connectivity index (χ1n) is 6.30. The molecule has 2 unspecified atom stereocenters. The minimum Gasteiger partial charge on any atom is -0.400 e. The third-order valence-corrected chi connectivity index (χ3v) is 3.13. The van der Waals surface area contributed by atoms with Crippen LogP contribution in [-0.2, 0) is 9.47 Å². The van der Waals surface area contributed by atoms with Gasteiger partial charge in [0.1, 0.15) is 4.92 Å². The first kappa shape index (κ1) is 12.8. The zero-order valence-corrected chi connectivity index (χ0v) is 10.6. The number of furan rings is 1. The number of benzene rings is 1. The van der Waals surface area contributed by atoms with Crippen molar-refractivity contribution in [3.63, 3.8) is 0 Å². The van der Waals surface area contributed by atoms with Gasteiger partial charge in [-0.3, -0.25) is 10.1 Å². The lowest BCUT2D eigenvalue weighted by molar-refractivity contribution is -0.403. The van der Waals surface area contributed by atoms with E-state index in [4.69, 9.17) is 13.9 Å². The van der Waals surface area contributed by atoms with Crippen LogP contribution < -0.4 is 0 Å². The fourth-order valence-corrected chi connectivity index (χ4v) is 2.17. The Balaban J connectivity index is 1.76. The van der Waals surface area contributed by atoms with Gasteiger partial charge in [-0.15, -0.1) is 0 Å². The van der Waals surface area contributed by atoms with Crippen LogP contribution in [0.5, 0.6) is 0 Å². The lowest BCUT2D eigenvalue weighted by Gasteiger charge is -2.29. The standard InChI is InChI=1S/C14H13NO5/c16-15(17)13-7-6-12(19-13)14-18-9-8-11(20-14)10-4-2-1-3-5-10/h1-7,11,14H,8-9H2. The Morgan fingerprint density at radius 3 is 2.65 bits per heavy atom. The van der Waals surface area contributed by atoms with Crippen LogP contribution in [0.15, 0.2) is 46.9 Å². The van der Waals surface area contributed by atoms with Gasteiger partial charge < -0.3 is 13.9 Å². The second-order valence-corrected chi connectivity index (χ2v) is 4.46. The van der Waals surface area contributed by atoms with Gasteiger partial charge in [0.2, 0.25) is 6.29 Å². The van der Waals surface area contributed by atoms with Gasteiger partial charge in [0.05, 0.1) is 18.8 Å². The van der Waals surface area contributed by atoms with Crippen LogP contribution in [0.1, 0.15) is 30.1 Å². The topological polar surface area (TPSA) is 74.7 Å². The van der Waals surface area contributed by atoms with Crippen molar-refractivity contribution in [1.82, 2.24) is 0 Å². The van der Waals surface area contributed by atoms with Crippen molar-refractivity contribution in [3.8, 4) is 0 Å². The summed E-state index contributed by atoms with van der Waals surface area (Å²) in [4.78, 5) is 10.0. The number of hydrogen-bond donors (Lipinski definition) is 0. The van der Waals surface area contributed by atoms with Crippen LogP contribution in [0.3, 0.4) is 0 Å². The van der Waals surface area contributed by atoms with E-state index in [1.165, 1.54) is 12.1 Å². The average molecular weight is 275 g/mol. The molecule has 1 aliphatic rings. The summed E-state index contributed by atoms with van der Waals surface area (Å²) in [6.07, 6.45) is -0.0645. The molecule has 1 aliphatic heterocycles. The monoisotopic (exact) mass is 275 g/mol. The quantitative estimate of drug-likeness (QED) is 0.634. The average Bonchev–Trinajstić information content (AvgIpc) is 2.98. The van der Waals surface area contributed by atoms with Crippen molar-refractivity contribution in [2.75, 3.05) is 6.61 Å². The Labute approximate surface area is 115 Å². The van der Waals surface area contributed by atoms with Gasteiger partial charge in [0.15, 0.2) is 5.76 Å². The second-order valence-electron chi connectivity index (χ2n) is 4.46. The number of nitro groups is 1. The van der Waals surface area contributed by atoms with Crippen LogP contribution in [0, 0.1) is 10.1 Å². The Bertz CT molecular complexity index is 595. The predicted octanol–water partition coefficient (Wildman–Crippen LogP) is 3.36. The fraction of sp³-hybridized carbons (Fsp3) is 0.286. The van der Waals surface area contributed by atoms with Gasteiger partial charge in [-0.1, -0.05) is 30.3 Å². The molecule has 0 saturated carbocycles. The molecule has 2 atom stereocenters. The summed E-state index contributed by atoms with van der Waals surface area (Å²) in [5, 5.41) is 10.6. The van der Waals surface area contributed by atoms with Gasteiger partial charge in [0.25, 0.3) is 0 Å². The van der Waals surface area contributed by atoms with Gasteiger partial charge >= 0.3 is 5.88 Å². The molecular weight excluding hydrogens is 262 g/mol. The van der Waals surface area contributed by atoms with Crippen LogP contribution in [-0.4, -0.2) is 11.5 Å². The third kappa shape index (κ3) is 2.56. The van der Waals surface area contributed by atoms with Crippen molar-refractivity contribution in [2.45, 2.75) is 18.8 Å². The summed E-state index contributed by atoms with van der Waals surface area (Å²) in [6.45, 7) is 0.513. The van der Waals surface area contributed by atoms with E-state index >= 15 is 0 Å². The molecule has 0 spiro atoms. The summed E-state index contributed by atoms with van der Waals surface area (Å²) in [5.41, 5.74) is 1.06. The largest absolute Gasteiger partial charge is 0.433 e. The molecule has 0 bridgehead atoms. The molecule has 104 valence electrons. The number of ether oxygens (including phenoxy) is 2. The van der Waals surface area contributed by atoms with Gasteiger partial charge in [0, 0.05) is 6.42 Å². The highest BCUT2D eigenvalue weighted by Crippen LogP contribution is 2.35. The normalized spacial score (nSPS) is 22.6. The first-order valence-corrected chi connectivity index (χ1v) is 6.30. The molecule has 3 rings (SSSR count). The molecule has 2 aromatic rings. The SMILES string of the molecule is O=[N+]([O-])c1ccc(C2OCCC(c3ccccc3)O2)o1. The molecule has 0 radical (unpaired) electrons. The molecule has 6 nitrogen and oxygen atoms in total. The number of rotatable bonds is 3. The van der Waals surface area contributed by atoms with E-state index in [0.717, 1.165) is 12.0 Å². The summed E-state index contributed by atoms with van der Waals surface area (Å²) in [5.74, 6) is 0.00589. The summed E-state index contributed by atoms with van der Waals surface area (Å²) in [7, 11) is 0. The zero-order chi connectivity index (χ0) is 13.9.